The molecule has 1 saturated carbocycles. The van der Waals surface area contributed by atoms with Crippen molar-refractivity contribution in [2.45, 2.75) is 31.8 Å². The molecule has 0 saturated heterocycles. The second-order valence-electron chi connectivity index (χ2n) is 6.17. The minimum absolute atomic E-state index is 0.263. The van der Waals surface area contributed by atoms with Crippen LogP contribution in [0.2, 0.25) is 0 Å². The number of urea groups is 1. The van der Waals surface area contributed by atoms with E-state index < -0.39 is 5.54 Å². The van der Waals surface area contributed by atoms with Gasteiger partial charge >= 0.3 is 6.03 Å². The Labute approximate surface area is 144 Å². The summed E-state index contributed by atoms with van der Waals surface area (Å²) >= 11 is 0. The second kappa shape index (κ2) is 6.04. The summed E-state index contributed by atoms with van der Waals surface area (Å²) in [6, 6.07) is 9.55. The quantitative estimate of drug-likeness (QED) is 0.742. The van der Waals surface area contributed by atoms with E-state index >= 15 is 0 Å². The number of aromatic nitrogens is 4. The third kappa shape index (κ3) is 3.23. The van der Waals surface area contributed by atoms with Crippen molar-refractivity contribution < 1.29 is 9.32 Å². The molecular weight excluding hydrogens is 320 g/mol. The van der Waals surface area contributed by atoms with Gasteiger partial charge < -0.3 is 15.2 Å². The van der Waals surface area contributed by atoms with E-state index in [0.29, 0.717) is 18.3 Å². The van der Waals surface area contributed by atoms with Gasteiger partial charge in [0.1, 0.15) is 5.54 Å². The SMILES string of the molecule is Cc1noc(C2(NC(=O)NCc3cnn(-c4ccccc4)c3)CC2)n1. The van der Waals surface area contributed by atoms with Crippen LogP contribution < -0.4 is 10.6 Å². The predicted octanol–water partition coefficient (Wildman–Crippen LogP) is 2.05. The van der Waals surface area contributed by atoms with Crippen LogP contribution in [0.1, 0.15) is 30.1 Å². The van der Waals surface area contributed by atoms with Crippen LogP contribution in [-0.4, -0.2) is 26.0 Å². The molecule has 128 valence electrons. The summed E-state index contributed by atoms with van der Waals surface area (Å²) in [6.45, 7) is 2.14. The molecule has 0 spiro atoms. The van der Waals surface area contributed by atoms with Crippen LogP contribution in [0.3, 0.4) is 0 Å². The average molecular weight is 338 g/mol. The molecule has 0 aliphatic heterocycles. The Kier molecular flexibility index (Phi) is 3.72. The molecule has 2 amide bonds. The number of nitrogens with zero attached hydrogens (tertiary/aromatic N) is 4. The number of amides is 2. The van der Waals surface area contributed by atoms with Gasteiger partial charge in [-0.1, -0.05) is 23.4 Å². The van der Waals surface area contributed by atoms with Crippen molar-refractivity contribution in [1.82, 2.24) is 30.6 Å². The molecule has 1 aliphatic carbocycles. The fraction of sp³-hybridized carbons (Fsp3) is 0.294. The zero-order chi connectivity index (χ0) is 17.3. The first-order valence-corrected chi connectivity index (χ1v) is 8.10. The first-order chi connectivity index (χ1) is 12.1. The number of nitrogens with one attached hydrogen (secondary N) is 2. The zero-order valence-electron chi connectivity index (χ0n) is 13.8. The molecule has 8 nitrogen and oxygen atoms in total. The van der Waals surface area contributed by atoms with Crippen LogP contribution in [0.25, 0.3) is 5.69 Å². The van der Waals surface area contributed by atoms with Gasteiger partial charge in [0.25, 0.3) is 5.89 Å². The summed E-state index contributed by atoms with van der Waals surface area (Å²) in [4.78, 5) is 16.4. The molecule has 2 heterocycles. The summed E-state index contributed by atoms with van der Waals surface area (Å²) in [6.07, 6.45) is 5.23. The van der Waals surface area contributed by atoms with E-state index in [1.807, 2.05) is 36.5 Å². The Hall–Kier alpha value is -3.16. The van der Waals surface area contributed by atoms with E-state index in [4.69, 9.17) is 4.52 Å². The highest BCUT2D eigenvalue weighted by Gasteiger charge is 2.50. The number of rotatable bonds is 5. The molecule has 8 heteroatoms. The number of carbonyl (C=O) groups is 1. The van der Waals surface area contributed by atoms with Gasteiger partial charge in [0, 0.05) is 18.3 Å². The molecule has 3 aromatic rings. The third-order valence-corrected chi connectivity index (χ3v) is 4.15. The van der Waals surface area contributed by atoms with Crippen LogP contribution in [0.15, 0.2) is 47.2 Å². The van der Waals surface area contributed by atoms with Gasteiger partial charge in [0.15, 0.2) is 5.82 Å². The molecule has 0 unspecified atom stereocenters. The molecule has 2 aromatic heterocycles. The average Bonchev–Trinajstić information content (AvgIpc) is 3.05. The Bertz CT molecular complexity index is 881. The molecule has 0 radical (unpaired) electrons. The fourth-order valence-corrected chi connectivity index (χ4v) is 2.63. The molecule has 0 atom stereocenters. The predicted molar refractivity (Wildman–Crippen MR) is 88.9 cm³/mol. The summed E-state index contributed by atoms with van der Waals surface area (Å²) < 4.78 is 6.97. The third-order valence-electron chi connectivity index (χ3n) is 4.15. The molecule has 0 bridgehead atoms. The van der Waals surface area contributed by atoms with Crippen LogP contribution in [-0.2, 0) is 12.1 Å². The Balaban J connectivity index is 1.34. The van der Waals surface area contributed by atoms with Crippen molar-refractivity contribution in [3.8, 4) is 5.69 Å². The number of hydrogen-bond acceptors (Lipinski definition) is 5. The highest BCUT2D eigenvalue weighted by atomic mass is 16.5. The Morgan fingerprint density at radius 1 is 1.32 bits per heavy atom. The van der Waals surface area contributed by atoms with Gasteiger partial charge in [0.05, 0.1) is 11.9 Å². The minimum atomic E-state index is -0.514. The lowest BCUT2D eigenvalue weighted by molar-refractivity contribution is 0.229. The van der Waals surface area contributed by atoms with Crippen molar-refractivity contribution in [2.75, 3.05) is 0 Å². The first kappa shape index (κ1) is 15.4. The minimum Gasteiger partial charge on any atom is -0.337 e. The molecule has 4 rings (SSSR count). The molecular formula is C17H18N6O2. The summed E-state index contributed by atoms with van der Waals surface area (Å²) in [5.41, 5.74) is 1.37. The van der Waals surface area contributed by atoms with Gasteiger partial charge in [-0.15, -0.1) is 0 Å². The van der Waals surface area contributed by atoms with E-state index in [-0.39, 0.29) is 6.03 Å². The van der Waals surface area contributed by atoms with Crippen molar-refractivity contribution >= 4 is 6.03 Å². The molecule has 1 aliphatic rings. The number of aryl methyl sites for hydroxylation is 1. The highest BCUT2D eigenvalue weighted by Crippen LogP contribution is 2.44. The number of hydrogen-bond donors (Lipinski definition) is 2. The first-order valence-electron chi connectivity index (χ1n) is 8.10. The summed E-state index contributed by atoms with van der Waals surface area (Å²) in [5.74, 6) is 1.04. The maximum Gasteiger partial charge on any atom is 0.315 e. The normalized spacial score (nSPS) is 14.9. The Morgan fingerprint density at radius 2 is 2.12 bits per heavy atom. The maximum atomic E-state index is 12.2. The van der Waals surface area contributed by atoms with Crippen molar-refractivity contribution in [1.29, 1.82) is 0 Å². The monoisotopic (exact) mass is 338 g/mol. The van der Waals surface area contributed by atoms with Crippen LogP contribution in [0.4, 0.5) is 4.79 Å². The standard InChI is InChI=1S/C17H18N6O2/c1-12-20-15(25-22-12)17(7-8-17)21-16(24)18-9-13-10-19-23(11-13)14-5-3-2-4-6-14/h2-6,10-11H,7-9H2,1H3,(H2,18,21,24). The lowest BCUT2D eigenvalue weighted by atomic mass is 10.3. The molecule has 25 heavy (non-hydrogen) atoms. The largest absolute Gasteiger partial charge is 0.337 e. The smallest absolute Gasteiger partial charge is 0.315 e. The molecule has 1 fully saturated rings. The van der Waals surface area contributed by atoms with Crippen molar-refractivity contribution in [2.24, 2.45) is 0 Å². The van der Waals surface area contributed by atoms with Crippen LogP contribution in [0.5, 0.6) is 0 Å². The zero-order valence-corrected chi connectivity index (χ0v) is 13.8. The fourth-order valence-electron chi connectivity index (χ4n) is 2.63. The Morgan fingerprint density at radius 3 is 2.80 bits per heavy atom. The highest BCUT2D eigenvalue weighted by molar-refractivity contribution is 5.75. The van der Waals surface area contributed by atoms with E-state index in [0.717, 1.165) is 24.1 Å². The van der Waals surface area contributed by atoms with Crippen LogP contribution in [0, 0.1) is 6.92 Å². The van der Waals surface area contributed by atoms with Gasteiger partial charge in [-0.25, -0.2) is 9.48 Å². The molecule has 2 N–H and O–H groups in total. The maximum absolute atomic E-state index is 12.2. The van der Waals surface area contributed by atoms with Gasteiger partial charge in [-0.2, -0.15) is 10.1 Å². The van der Waals surface area contributed by atoms with Gasteiger partial charge in [-0.3, -0.25) is 0 Å². The lowest BCUT2D eigenvalue weighted by Gasteiger charge is -2.13. The number of para-hydroxylation sites is 1. The lowest BCUT2D eigenvalue weighted by Crippen LogP contribution is -2.42. The second-order valence-corrected chi connectivity index (χ2v) is 6.17. The number of carbonyl (C=O) groups excluding carboxylic acids is 1. The van der Waals surface area contributed by atoms with E-state index in [9.17, 15) is 4.79 Å². The van der Waals surface area contributed by atoms with E-state index in [1.54, 1.807) is 17.8 Å². The van der Waals surface area contributed by atoms with E-state index in [1.165, 1.54) is 0 Å². The van der Waals surface area contributed by atoms with Crippen LogP contribution >= 0.6 is 0 Å². The van der Waals surface area contributed by atoms with E-state index in [2.05, 4.69) is 25.9 Å². The van der Waals surface area contributed by atoms with Crippen molar-refractivity contribution in [3.63, 3.8) is 0 Å². The topological polar surface area (TPSA) is 97.9 Å². The molecule has 1 aromatic carbocycles. The summed E-state index contributed by atoms with van der Waals surface area (Å²) in [7, 11) is 0. The number of benzene rings is 1. The van der Waals surface area contributed by atoms with Gasteiger partial charge in [0.2, 0.25) is 0 Å². The van der Waals surface area contributed by atoms with Crippen molar-refractivity contribution in [3.05, 3.63) is 60.0 Å². The summed E-state index contributed by atoms with van der Waals surface area (Å²) in [5, 5.41) is 13.9. The van der Waals surface area contributed by atoms with Gasteiger partial charge in [-0.05, 0) is 31.9 Å².